The van der Waals surface area contributed by atoms with Crippen LogP contribution >= 0.6 is 0 Å². The molecule has 8 heteroatoms. The number of aromatic nitrogens is 2. The smallest absolute Gasteiger partial charge is 0.325 e. The van der Waals surface area contributed by atoms with Gasteiger partial charge in [0.15, 0.2) is 0 Å². The highest BCUT2D eigenvalue weighted by Gasteiger charge is 2.30. The first-order valence-corrected chi connectivity index (χ1v) is 8.57. The number of anilines is 1. The number of benzene rings is 1. The van der Waals surface area contributed by atoms with Crippen LogP contribution in [0.3, 0.4) is 0 Å². The first kappa shape index (κ1) is 18.4. The van der Waals surface area contributed by atoms with E-state index >= 15 is 0 Å². The minimum atomic E-state index is -4.37. The Balaban J connectivity index is 1.43. The zero-order valence-electron chi connectivity index (χ0n) is 14.2. The van der Waals surface area contributed by atoms with Gasteiger partial charge in [-0.25, -0.2) is 0 Å². The summed E-state index contributed by atoms with van der Waals surface area (Å²) in [6.07, 6.45) is 1.33. The number of hydrogen-bond donors (Lipinski definition) is 1. The van der Waals surface area contributed by atoms with Crippen LogP contribution in [0.5, 0.6) is 0 Å². The number of nitrogens with zero attached hydrogens (tertiary/aromatic N) is 3. The fourth-order valence-corrected chi connectivity index (χ4v) is 3.15. The lowest BCUT2D eigenvalue weighted by Crippen LogP contribution is -2.40. The Morgan fingerprint density at radius 3 is 2.46 bits per heavy atom. The molecule has 0 spiro atoms. The Kier molecular flexibility index (Phi) is 5.61. The lowest BCUT2D eigenvalue weighted by molar-refractivity contribution is -0.137. The van der Waals surface area contributed by atoms with E-state index in [1.807, 2.05) is 16.9 Å². The van der Waals surface area contributed by atoms with Crippen LogP contribution in [0.2, 0.25) is 0 Å². The second-order valence-electron chi connectivity index (χ2n) is 6.57. The van der Waals surface area contributed by atoms with Crippen LogP contribution in [0, 0.1) is 5.92 Å². The van der Waals surface area contributed by atoms with Crippen molar-refractivity contribution in [2.24, 2.45) is 5.92 Å². The molecule has 1 aromatic heterocycles. The Bertz CT molecular complexity index is 705. The highest BCUT2D eigenvalue weighted by Crippen LogP contribution is 2.29. The summed E-state index contributed by atoms with van der Waals surface area (Å²) in [5, 5.41) is 6.87. The van der Waals surface area contributed by atoms with Crippen LogP contribution in [0.4, 0.5) is 18.9 Å². The van der Waals surface area contributed by atoms with E-state index < -0.39 is 11.7 Å². The molecule has 1 aliphatic heterocycles. The number of halogens is 3. The molecule has 2 aromatic rings. The third-order valence-corrected chi connectivity index (χ3v) is 4.57. The fraction of sp³-hybridized carbons (Fsp3) is 0.444. The molecule has 3 rings (SSSR count). The third-order valence-electron chi connectivity index (χ3n) is 4.57. The molecule has 0 aliphatic carbocycles. The normalized spacial score (nSPS) is 16.6. The molecular weight excluding hydrogens is 345 g/mol. The molecule has 5 nitrogen and oxygen atoms in total. The summed E-state index contributed by atoms with van der Waals surface area (Å²) in [6.45, 7) is 2.78. The number of carbonyl (C=O) groups is 1. The van der Waals surface area contributed by atoms with Gasteiger partial charge in [-0.3, -0.25) is 14.4 Å². The second-order valence-corrected chi connectivity index (χ2v) is 6.57. The van der Waals surface area contributed by atoms with Crippen LogP contribution in [-0.4, -0.2) is 40.2 Å². The summed E-state index contributed by atoms with van der Waals surface area (Å²) in [4.78, 5) is 14.2. The maximum absolute atomic E-state index is 12.5. The Hall–Kier alpha value is -2.35. The Morgan fingerprint density at radius 1 is 1.19 bits per heavy atom. The second kappa shape index (κ2) is 7.90. The van der Waals surface area contributed by atoms with Gasteiger partial charge in [0.2, 0.25) is 5.91 Å². The van der Waals surface area contributed by atoms with Crippen LogP contribution < -0.4 is 5.32 Å². The Labute approximate surface area is 149 Å². The van der Waals surface area contributed by atoms with E-state index in [0.717, 1.165) is 44.6 Å². The van der Waals surface area contributed by atoms with Crippen molar-refractivity contribution >= 4 is 11.6 Å². The maximum atomic E-state index is 12.5. The lowest BCUT2D eigenvalue weighted by atomic mass is 9.97. The van der Waals surface area contributed by atoms with Gasteiger partial charge in [0.1, 0.15) is 0 Å². The molecule has 0 unspecified atom stereocenters. The van der Waals surface area contributed by atoms with Gasteiger partial charge in [0.25, 0.3) is 0 Å². The maximum Gasteiger partial charge on any atom is 0.416 e. The van der Waals surface area contributed by atoms with Gasteiger partial charge < -0.3 is 5.32 Å². The molecule has 1 aromatic carbocycles. The van der Waals surface area contributed by atoms with Crippen molar-refractivity contribution in [2.75, 3.05) is 25.0 Å². The molecule has 0 saturated carbocycles. The summed E-state index contributed by atoms with van der Waals surface area (Å²) >= 11 is 0. The lowest BCUT2D eigenvalue weighted by Gasteiger charge is -2.31. The van der Waals surface area contributed by atoms with E-state index in [-0.39, 0.29) is 12.5 Å². The molecule has 1 N–H and O–H groups in total. The standard InChI is InChI=1S/C18H21F3N4O/c19-18(20,21)15-2-4-16(5-3-15)23-17(26)13-24-10-6-14(7-11-24)12-25-9-1-8-22-25/h1-5,8-9,14H,6-7,10-13H2,(H,23,26). The molecule has 26 heavy (non-hydrogen) atoms. The van der Waals surface area contributed by atoms with Crippen LogP contribution in [0.1, 0.15) is 18.4 Å². The van der Waals surface area contributed by atoms with Gasteiger partial charge in [-0.1, -0.05) is 0 Å². The highest BCUT2D eigenvalue weighted by molar-refractivity contribution is 5.92. The summed E-state index contributed by atoms with van der Waals surface area (Å²) in [6, 6.07) is 6.39. The van der Waals surface area contributed by atoms with Gasteiger partial charge in [0, 0.05) is 24.6 Å². The van der Waals surface area contributed by atoms with Gasteiger partial charge in [-0.05, 0) is 62.2 Å². The summed E-state index contributed by atoms with van der Waals surface area (Å²) in [5.74, 6) is 0.333. The molecule has 0 atom stereocenters. The zero-order valence-corrected chi connectivity index (χ0v) is 14.2. The number of carbonyl (C=O) groups excluding carboxylic acids is 1. The number of alkyl halides is 3. The molecule has 0 bridgehead atoms. The molecule has 1 aliphatic rings. The molecule has 140 valence electrons. The van der Waals surface area contributed by atoms with Crippen LogP contribution in [0.15, 0.2) is 42.7 Å². The fourth-order valence-electron chi connectivity index (χ4n) is 3.15. The van der Waals surface area contributed by atoms with E-state index in [1.165, 1.54) is 12.1 Å². The third kappa shape index (κ3) is 5.08. The van der Waals surface area contributed by atoms with Crippen LogP contribution in [0.25, 0.3) is 0 Å². The number of rotatable bonds is 5. The van der Waals surface area contributed by atoms with E-state index in [0.29, 0.717) is 11.6 Å². The Morgan fingerprint density at radius 2 is 1.88 bits per heavy atom. The van der Waals surface area contributed by atoms with Crippen molar-refractivity contribution < 1.29 is 18.0 Å². The molecule has 1 amide bonds. The number of piperidine rings is 1. The van der Waals surface area contributed by atoms with Crippen molar-refractivity contribution in [3.05, 3.63) is 48.3 Å². The average molecular weight is 366 g/mol. The molecule has 0 radical (unpaired) electrons. The average Bonchev–Trinajstić information content (AvgIpc) is 3.09. The summed E-state index contributed by atoms with van der Waals surface area (Å²) in [5.41, 5.74) is -0.355. The molecule has 1 saturated heterocycles. The first-order chi connectivity index (χ1) is 12.4. The van der Waals surface area contributed by atoms with E-state index in [1.54, 1.807) is 6.20 Å². The molecule has 2 heterocycles. The molecule has 1 fully saturated rings. The van der Waals surface area contributed by atoms with Gasteiger partial charge in [0.05, 0.1) is 12.1 Å². The zero-order chi connectivity index (χ0) is 18.6. The van der Waals surface area contributed by atoms with E-state index in [2.05, 4.69) is 15.3 Å². The summed E-state index contributed by atoms with van der Waals surface area (Å²) in [7, 11) is 0. The topological polar surface area (TPSA) is 50.2 Å². The predicted octanol–water partition coefficient (Wildman–Crippen LogP) is 3.25. The van der Waals surface area contributed by atoms with Gasteiger partial charge >= 0.3 is 6.18 Å². The minimum absolute atomic E-state index is 0.213. The monoisotopic (exact) mass is 366 g/mol. The highest BCUT2D eigenvalue weighted by atomic mass is 19.4. The van der Waals surface area contributed by atoms with Crippen molar-refractivity contribution in [1.82, 2.24) is 14.7 Å². The van der Waals surface area contributed by atoms with Gasteiger partial charge in [-0.15, -0.1) is 0 Å². The van der Waals surface area contributed by atoms with Gasteiger partial charge in [-0.2, -0.15) is 18.3 Å². The van der Waals surface area contributed by atoms with E-state index in [9.17, 15) is 18.0 Å². The van der Waals surface area contributed by atoms with Crippen molar-refractivity contribution in [2.45, 2.75) is 25.6 Å². The first-order valence-electron chi connectivity index (χ1n) is 8.57. The minimum Gasteiger partial charge on any atom is -0.325 e. The van der Waals surface area contributed by atoms with Crippen molar-refractivity contribution in [3.8, 4) is 0 Å². The SMILES string of the molecule is O=C(CN1CCC(Cn2cccn2)CC1)Nc1ccc(C(F)(F)F)cc1. The number of hydrogen-bond acceptors (Lipinski definition) is 3. The quantitative estimate of drug-likeness (QED) is 0.884. The largest absolute Gasteiger partial charge is 0.416 e. The number of amides is 1. The van der Waals surface area contributed by atoms with Crippen molar-refractivity contribution in [3.63, 3.8) is 0 Å². The van der Waals surface area contributed by atoms with E-state index in [4.69, 9.17) is 0 Å². The molecular formula is C18H21F3N4O. The summed E-state index contributed by atoms with van der Waals surface area (Å²) < 4.78 is 39.6. The number of likely N-dealkylation sites (tertiary alicyclic amines) is 1. The predicted molar refractivity (Wildman–Crippen MR) is 91.5 cm³/mol. The van der Waals surface area contributed by atoms with Crippen LogP contribution in [-0.2, 0) is 17.5 Å². The van der Waals surface area contributed by atoms with Crippen molar-refractivity contribution in [1.29, 1.82) is 0 Å². The number of nitrogens with one attached hydrogen (secondary N) is 1.